The molecule has 0 aliphatic carbocycles. The van der Waals surface area contributed by atoms with Crippen molar-refractivity contribution < 1.29 is 23.4 Å². The number of hydrogen-bond donors (Lipinski definition) is 2. The number of nitrogens with zero attached hydrogens (tertiary/aromatic N) is 1. The number of rotatable bonds is 7. The van der Waals surface area contributed by atoms with Crippen LogP contribution in [0.2, 0.25) is 0 Å². The molecule has 0 saturated heterocycles. The zero-order valence-corrected chi connectivity index (χ0v) is 13.3. The first-order chi connectivity index (χ1) is 9.75. The van der Waals surface area contributed by atoms with Crippen LogP contribution in [-0.2, 0) is 10.0 Å². The molecule has 118 valence electrons. The van der Waals surface area contributed by atoms with Crippen LogP contribution in [0.15, 0.2) is 17.0 Å². The predicted octanol–water partition coefficient (Wildman–Crippen LogP) is 1.39. The van der Waals surface area contributed by atoms with E-state index in [1.165, 1.54) is 10.4 Å². The molecule has 0 saturated carbocycles. The molecule has 1 rings (SSSR count). The van der Waals surface area contributed by atoms with Gasteiger partial charge in [0.05, 0.1) is 17.1 Å². The monoisotopic (exact) mass is 315 g/mol. The average Bonchev–Trinajstić information content (AvgIpc) is 2.37. The van der Waals surface area contributed by atoms with Crippen molar-refractivity contribution in [3.8, 4) is 0 Å². The summed E-state index contributed by atoms with van der Waals surface area (Å²) in [5.74, 6) is -1.16. The summed E-state index contributed by atoms with van der Waals surface area (Å²) in [7, 11) is -3.82. The molecule has 6 nitrogen and oxygen atoms in total. The number of carbonyl (C=O) groups is 1. The molecular weight excluding hydrogens is 294 g/mol. The maximum Gasteiger partial charge on any atom is 0.335 e. The van der Waals surface area contributed by atoms with Gasteiger partial charge in [-0.1, -0.05) is 13.0 Å². The third kappa shape index (κ3) is 3.81. The zero-order chi connectivity index (χ0) is 16.2. The van der Waals surface area contributed by atoms with Gasteiger partial charge in [0.15, 0.2) is 0 Å². The predicted molar refractivity (Wildman–Crippen MR) is 79.0 cm³/mol. The topological polar surface area (TPSA) is 94.9 Å². The van der Waals surface area contributed by atoms with E-state index in [0.717, 1.165) is 0 Å². The van der Waals surface area contributed by atoms with E-state index in [1.807, 2.05) is 6.92 Å². The Morgan fingerprint density at radius 2 is 1.81 bits per heavy atom. The van der Waals surface area contributed by atoms with Gasteiger partial charge in [-0.3, -0.25) is 0 Å². The van der Waals surface area contributed by atoms with Gasteiger partial charge in [-0.15, -0.1) is 0 Å². The molecule has 0 spiro atoms. The van der Waals surface area contributed by atoms with Gasteiger partial charge in [0.2, 0.25) is 10.0 Å². The third-order valence-electron chi connectivity index (χ3n) is 3.19. The first-order valence-corrected chi connectivity index (χ1v) is 8.15. The first kappa shape index (κ1) is 17.6. The molecule has 0 aromatic heterocycles. The van der Waals surface area contributed by atoms with Crippen molar-refractivity contribution in [3.63, 3.8) is 0 Å². The second kappa shape index (κ2) is 7.02. The second-order valence-electron chi connectivity index (χ2n) is 4.87. The first-order valence-electron chi connectivity index (χ1n) is 6.71. The Morgan fingerprint density at radius 1 is 1.19 bits per heavy atom. The fourth-order valence-electron chi connectivity index (χ4n) is 2.19. The molecule has 0 atom stereocenters. The number of aryl methyl sites for hydroxylation is 2. The number of hydrogen-bond acceptors (Lipinski definition) is 4. The van der Waals surface area contributed by atoms with Crippen molar-refractivity contribution in [2.24, 2.45) is 0 Å². The average molecular weight is 315 g/mol. The zero-order valence-electron chi connectivity index (χ0n) is 12.5. The molecule has 0 unspecified atom stereocenters. The molecule has 0 amide bonds. The lowest BCUT2D eigenvalue weighted by Gasteiger charge is -2.22. The highest BCUT2D eigenvalue weighted by Crippen LogP contribution is 2.24. The van der Waals surface area contributed by atoms with E-state index in [0.29, 0.717) is 17.5 Å². The van der Waals surface area contributed by atoms with E-state index in [9.17, 15) is 13.2 Å². The second-order valence-corrected chi connectivity index (χ2v) is 6.77. The Hall–Kier alpha value is -1.44. The van der Waals surface area contributed by atoms with Gasteiger partial charge < -0.3 is 10.2 Å². The molecule has 0 fully saturated rings. The number of carboxylic acids is 1. The highest BCUT2D eigenvalue weighted by atomic mass is 32.2. The quantitative estimate of drug-likeness (QED) is 0.793. The van der Waals surface area contributed by atoms with Crippen LogP contribution < -0.4 is 0 Å². The van der Waals surface area contributed by atoms with Crippen LogP contribution in [0.1, 0.15) is 34.8 Å². The number of aliphatic hydroxyl groups excluding tert-OH is 1. The number of aromatic carboxylic acids is 1. The fourth-order valence-corrected chi connectivity index (χ4v) is 3.95. The molecule has 0 heterocycles. The van der Waals surface area contributed by atoms with E-state index >= 15 is 0 Å². The third-order valence-corrected chi connectivity index (χ3v) is 5.23. The van der Waals surface area contributed by atoms with E-state index in [1.54, 1.807) is 19.9 Å². The van der Waals surface area contributed by atoms with Crippen molar-refractivity contribution in [2.45, 2.75) is 32.1 Å². The molecule has 1 aromatic rings. The minimum atomic E-state index is -3.82. The molecule has 21 heavy (non-hydrogen) atoms. The summed E-state index contributed by atoms with van der Waals surface area (Å²) in [5, 5.41) is 18.2. The van der Waals surface area contributed by atoms with Crippen LogP contribution in [0, 0.1) is 13.8 Å². The van der Waals surface area contributed by atoms with Crippen molar-refractivity contribution in [1.29, 1.82) is 0 Å². The van der Waals surface area contributed by atoms with Crippen LogP contribution in [0.25, 0.3) is 0 Å². The summed E-state index contributed by atoms with van der Waals surface area (Å²) >= 11 is 0. The standard InChI is InChI=1S/C14H21NO5S/c1-4-5-15(6-7-16)21(19,20)13-9-12(14(17)18)10(2)8-11(13)3/h8-9,16H,4-7H2,1-3H3,(H,17,18). The summed E-state index contributed by atoms with van der Waals surface area (Å²) in [6.45, 7) is 5.09. The number of carboxylic acid groups (broad SMARTS) is 1. The van der Waals surface area contributed by atoms with Crippen LogP contribution in [0.4, 0.5) is 0 Å². The van der Waals surface area contributed by atoms with E-state index in [-0.39, 0.29) is 30.2 Å². The minimum absolute atomic E-state index is 0.00804. The maximum absolute atomic E-state index is 12.6. The number of aliphatic hydroxyl groups is 1. The Morgan fingerprint density at radius 3 is 2.29 bits per heavy atom. The van der Waals surface area contributed by atoms with Gasteiger partial charge in [-0.25, -0.2) is 13.2 Å². The SMILES string of the molecule is CCCN(CCO)S(=O)(=O)c1cc(C(=O)O)c(C)cc1C. The molecule has 7 heteroatoms. The molecular formula is C14H21NO5S. The van der Waals surface area contributed by atoms with E-state index < -0.39 is 16.0 Å². The van der Waals surface area contributed by atoms with Gasteiger partial charge >= 0.3 is 5.97 Å². The van der Waals surface area contributed by atoms with Crippen LogP contribution in [-0.4, -0.2) is 48.6 Å². The Bertz CT molecular complexity index is 618. The highest BCUT2D eigenvalue weighted by Gasteiger charge is 2.26. The fraction of sp³-hybridized carbons (Fsp3) is 0.500. The van der Waals surface area contributed by atoms with E-state index in [2.05, 4.69) is 0 Å². The lowest BCUT2D eigenvalue weighted by Crippen LogP contribution is -2.34. The van der Waals surface area contributed by atoms with Gasteiger partial charge in [-0.05, 0) is 37.5 Å². The molecule has 0 radical (unpaired) electrons. The largest absolute Gasteiger partial charge is 0.478 e. The molecule has 0 bridgehead atoms. The smallest absolute Gasteiger partial charge is 0.335 e. The lowest BCUT2D eigenvalue weighted by molar-refractivity contribution is 0.0696. The molecule has 2 N–H and O–H groups in total. The van der Waals surface area contributed by atoms with Crippen LogP contribution in [0.5, 0.6) is 0 Å². The van der Waals surface area contributed by atoms with Crippen molar-refractivity contribution in [1.82, 2.24) is 4.31 Å². The number of sulfonamides is 1. The molecule has 0 aliphatic heterocycles. The minimum Gasteiger partial charge on any atom is -0.478 e. The van der Waals surface area contributed by atoms with Crippen molar-refractivity contribution in [3.05, 3.63) is 28.8 Å². The Kier molecular flexibility index (Phi) is 5.88. The summed E-state index contributed by atoms with van der Waals surface area (Å²) in [4.78, 5) is 11.2. The normalized spacial score (nSPS) is 11.9. The Balaban J connectivity index is 3.42. The van der Waals surface area contributed by atoms with Crippen molar-refractivity contribution >= 4 is 16.0 Å². The van der Waals surface area contributed by atoms with Gasteiger partial charge in [0.25, 0.3) is 0 Å². The van der Waals surface area contributed by atoms with Crippen molar-refractivity contribution in [2.75, 3.05) is 19.7 Å². The number of benzene rings is 1. The lowest BCUT2D eigenvalue weighted by atomic mass is 10.1. The maximum atomic E-state index is 12.6. The van der Waals surface area contributed by atoms with Gasteiger partial charge in [0, 0.05) is 13.1 Å². The van der Waals surface area contributed by atoms with Crippen LogP contribution >= 0.6 is 0 Å². The van der Waals surface area contributed by atoms with Gasteiger partial charge in [-0.2, -0.15) is 4.31 Å². The summed E-state index contributed by atoms with van der Waals surface area (Å²) < 4.78 is 26.5. The van der Waals surface area contributed by atoms with Gasteiger partial charge in [0.1, 0.15) is 0 Å². The highest BCUT2D eigenvalue weighted by molar-refractivity contribution is 7.89. The molecule has 1 aromatic carbocycles. The summed E-state index contributed by atoms with van der Waals surface area (Å²) in [5.41, 5.74) is 0.985. The summed E-state index contributed by atoms with van der Waals surface area (Å²) in [6, 6.07) is 2.75. The summed E-state index contributed by atoms with van der Waals surface area (Å²) in [6.07, 6.45) is 0.607. The van der Waals surface area contributed by atoms with E-state index in [4.69, 9.17) is 10.2 Å². The Labute approximate surface area is 125 Å². The molecule has 0 aliphatic rings. The van der Waals surface area contributed by atoms with Crippen LogP contribution in [0.3, 0.4) is 0 Å².